The summed E-state index contributed by atoms with van der Waals surface area (Å²) >= 11 is 0. The SMILES string of the molecule is CCCCOCCCC.CCOCCO. The fraction of sp³-hybridized carbons (Fsp3) is 1.00. The van der Waals surface area contributed by atoms with Crippen LogP contribution in [0.25, 0.3) is 0 Å². The molecule has 0 saturated carbocycles. The molecule has 0 atom stereocenters. The summed E-state index contributed by atoms with van der Waals surface area (Å²) in [6, 6.07) is 0. The Morgan fingerprint density at radius 1 is 0.800 bits per heavy atom. The van der Waals surface area contributed by atoms with Crippen molar-refractivity contribution in [1.29, 1.82) is 0 Å². The molecule has 0 rings (SSSR count). The lowest BCUT2D eigenvalue weighted by Crippen LogP contribution is -1.96. The number of ether oxygens (including phenoxy) is 2. The molecule has 0 radical (unpaired) electrons. The third kappa shape index (κ3) is 24.8. The van der Waals surface area contributed by atoms with Gasteiger partial charge in [-0.05, 0) is 19.8 Å². The Balaban J connectivity index is 0. The predicted molar refractivity (Wildman–Crippen MR) is 64.2 cm³/mol. The van der Waals surface area contributed by atoms with Gasteiger partial charge in [-0.25, -0.2) is 0 Å². The molecule has 0 unspecified atom stereocenters. The van der Waals surface area contributed by atoms with Gasteiger partial charge in [-0.3, -0.25) is 0 Å². The second-order valence-corrected chi connectivity index (χ2v) is 3.24. The van der Waals surface area contributed by atoms with Gasteiger partial charge in [0.15, 0.2) is 0 Å². The van der Waals surface area contributed by atoms with E-state index < -0.39 is 0 Å². The summed E-state index contributed by atoms with van der Waals surface area (Å²) in [7, 11) is 0. The number of hydrogen-bond acceptors (Lipinski definition) is 3. The van der Waals surface area contributed by atoms with Crippen molar-refractivity contribution in [2.45, 2.75) is 46.5 Å². The maximum Gasteiger partial charge on any atom is 0.0697 e. The summed E-state index contributed by atoms with van der Waals surface area (Å²) < 4.78 is 10.0. The average Bonchev–Trinajstić information content (AvgIpc) is 2.27. The molecule has 0 aromatic carbocycles. The van der Waals surface area contributed by atoms with Gasteiger partial charge in [0.05, 0.1) is 13.2 Å². The third-order valence-corrected chi connectivity index (χ3v) is 1.72. The lowest BCUT2D eigenvalue weighted by molar-refractivity contribution is 0.102. The van der Waals surface area contributed by atoms with E-state index in [0.717, 1.165) is 13.2 Å². The summed E-state index contributed by atoms with van der Waals surface area (Å²) in [5.74, 6) is 0. The topological polar surface area (TPSA) is 38.7 Å². The average molecular weight is 220 g/mol. The van der Waals surface area contributed by atoms with Crippen molar-refractivity contribution in [1.82, 2.24) is 0 Å². The minimum Gasteiger partial charge on any atom is -0.394 e. The smallest absolute Gasteiger partial charge is 0.0697 e. The lowest BCUT2D eigenvalue weighted by Gasteiger charge is -1.99. The molecule has 0 amide bonds. The molecular formula is C12H28O3. The number of aliphatic hydroxyl groups is 1. The Kier molecular flexibility index (Phi) is 22.4. The summed E-state index contributed by atoms with van der Waals surface area (Å²) in [5, 5.41) is 8.07. The van der Waals surface area contributed by atoms with Crippen LogP contribution in [0.3, 0.4) is 0 Å². The number of aliphatic hydroxyl groups excluding tert-OH is 1. The summed E-state index contributed by atoms with van der Waals surface area (Å²) in [6.45, 7) is 9.47. The van der Waals surface area contributed by atoms with Crippen LogP contribution in [0.15, 0.2) is 0 Å². The van der Waals surface area contributed by atoms with Gasteiger partial charge >= 0.3 is 0 Å². The van der Waals surface area contributed by atoms with Crippen molar-refractivity contribution < 1.29 is 14.6 Å². The van der Waals surface area contributed by atoms with E-state index in [1.165, 1.54) is 25.7 Å². The van der Waals surface area contributed by atoms with Crippen LogP contribution < -0.4 is 0 Å². The molecule has 0 aliphatic heterocycles. The predicted octanol–water partition coefficient (Wildman–Crippen LogP) is 2.62. The van der Waals surface area contributed by atoms with Gasteiger partial charge in [0.2, 0.25) is 0 Å². The van der Waals surface area contributed by atoms with Crippen molar-refractivity contribution in [3.8, 4) is 0 Å². The van der Waals surface area contributed by atoms with E-state index in [9.17, 15) is 0 Å². The largest absolute Gasteiger partial charge is 0.394 e. The highest BCUT2D eigenvalue weighted by atomic mass is 16.5. The maximum atomic E-state index is 8.07. The first kappa shape index (κ1) is 17.3. The number of hydrogen-bond donors (Lipinski definition) is 1. The molecule has 0 aliphatic rings. The maximum absolute atomic E-state index is 8.07. The molecule has 0 aromatic heterocycles. The Labute approximate surface area is 94.8 Å². The molecule has 0 bridgehead atoms. The zero-order chi connectivity index (χ0) is 11.8. The van der Waals surface area contributed by atoms with E-state index in [1.54, 1.807) is 0 Å². The van der Waals surface area contributed by atoms with Gasteiger partial charge in [-0.15, -0.1) is 0 Å². The summed E-state index contributed by atoms with van der Waals surface area (Å²) in [6.07, 6.45) is 4.91. The van der Waals surface area contributed by atoms with Gasteiger partial charge in [-0.2, -0.15) is 0 Å². The van der Waals surface area contributed by atoms with E-state index in [4.69, 9.17) is 14.6 Å². The first-order valence-corrected chi connectivity index (χ1v) is 6.09. The zero-order valence-corrected chi connectivity index (χ0v) is 10.6. The highest BCUT2D eigenvalue weighted by Crippen LogP contribution is 1.91. The van der Waals surface area contributed by atoms with Crippen LogP contribution in [-0.2, 0) is 9.47 Å². The van der Waals surface area contributed by atoms with Crippen LogP contribution in [0.2, 0.25) is 0 Å². The fourth-order valence-corrected chi connectivity index (χ4v) is 0.804. The summed E-state index contributed by atoms with van der Waals surface area (Å²) in [4.78, 5) is 0. The van der Waals surface area contributed by atoms with Crippen molar-refractivity contribution in [2.24, 2.45) is 0 Å². The van der Waals surface area contributed by atoms with Crippen molar-refractivity contribution in [3.63, 3.8) is 0 Å². The van der Waals surface area contributed by atoms with Crippen molar-refractivity contribution in [2.75, 3.05) is 33.0 Å². The molecule has 0 aliphatic carbocycles. The van der Waals surface area contributed by atoms with E-state index >= 15 is 0 Å². The Morgan fingerprint density at radius 2 is 1.33 bits per heavy atom. The van der Waals surface area contributed by atoms with Crippen LogP contribution in [0.4, 0.5) is 0 Å². The summed E-state index contributed by atoms with van der Waals surface area (Å²) in [5.41, 5.74) is 0. The normalized spacial score (nSPS) is 9.60. The van der Waals surface area contributed by atoms with Crippen molar-refractivity contribution in [3.05, 3.63) is 0 Å². The molecule has 15 heavy (non-hydrogen) atoms. The third-order valence-electron chi connectivity index (χ3n) is 1.72. The molecule has 3 heteroatoms. The Bertz CT molecular complexity index is 76.9. The van der Waals surface area contributed by atoms with Gasteiger partial charge in [0.25, 0.3) is 0 Å². The first-order chi connectivity index (χ1) is 7.33. The number of unbranched alkanes of at least 4 members (excludes halogenated alkanes) is 2. The van der Waals surface area contributed by atoms with E-state index in [2.05, 4.69) is 13.8 Å². The van der Waals surface area contributed by atoms with Crippen LogP contribution in [0, 0.1) is 0 Å². The van der Waals surface area contributed by atoms with E-state index in [1.807, 2.05) is 6.92 Å². The Hall–Kier alpha value is -0.120. The molecule has 94 valence electrons. The van der Waals surface area contributed by atoms with E-state index in [-0.39, 0.29) is 6.61 Å². The van der Waals surface area contributed by atoms with Crippen LogP contribution >= 0.6 is 0 Å². The second-order valence-electron chi connectivity index (χ2n) is 3.24. The minimum absolute atomic E-state index is 0.133. The Morgan fingerprint density at radius 3 is 1.60 bits per heavy atom. The van der Waals surface area contributed by atoms with Crippen LogP contribution in [0.1, 0.15) is 46.5 Å². The molecule has 3 nitrogen and oxygen atoms in total. The lowest BCUT2D eigenvalue weighted by atomic mass is 10.3. The highest BCUT2D eigenvalue weighted by Gasteiger charge is 1.84. The van der Waals surface area contributed by atoms with Crippen LogP contribution in [0.5, 0.6) is 0 Å². The molecule has 0 aromatic rings. The standard InChI is InChI=1S/C8H18O.C4H10O2/c1-3-5-7-9-8-6-4-2;1-2-6-4-3-5/h3-8H2,1-2H3;5H,2-4H2,1H3. The molecule has 1 N–H and O–H groups in total. The van der Waals surface area contributed by atoms with Gasteiger partial charge in [-0.1, -0.05) is 26.7 Å². The molecule has 0 fully saturated rings. The quantitative estimate of drug-likeness (QED) is 0.607. The first-order valence-electron chi connectivity index (χ1n) is 6.09. The van der Waals surface area contributed by atoms with Crippen molar-refractivity contribution >= 4 is 0 Å². The van der Waals surface area contributed by atoms with Crippen LogP contribution in [-0.4, -0.2) is 38.1 Å². The van der Waals surface area contributed by atoms with E-state index in [0.29, 0.717) is 13.2 Å². The number of rotatable bonds is 9. The zero-order valence-electron chi connectivity index (χ0n) is 10.6. The fourth-order valence-electron chi connectivity index (χ4n) is 0.804. The minimum atomic E-state index is 0.133. The van der Waals surface area contributed by atoms with Gasteiger partial charge < -0.3 is 14.6 Å². The van der Waals surface area contributed by atoms with Gasteiger partial charge in [0.1, 0.15) is 0 Å². The molecule has 0 heterocycles. The molecule has 0 spiro atoms. The monoisotopic (exact) mass is 220 g/mol. The molecule has 0 saturated heterocycles. The molecular weight excluding hydrogens is 192 g/mol. The highest BCUT2D eigenvalue weighted by molar-refractivity contribution is 4.33. The van der Waals surface area contributed by atoms with Gasteiger partial charge in [0, 0.05) is 19.8 Å². The second kappa shape index (κ2) is 19.5.